The number of allylic oxidation sites excluding steroid dienone is 4. The molecule has 0 fully saturated rings. The predicted molar refractivity (Wildman–Crippen MR) is 136 cm³/mol. The van der Waals surface area contributed by atoms with Gasteiger partial charge in [-0.2, -0.15) is 0 Å². The minimum absolute atomic E-state index is 0.0873. The quantitative estimate of drug-likeness (QED) is 0.158. The van der Waals surface area contributed by atoms with Crippen LogP contribution in [0.25, 0.3) is 0 Å². The van der Waals surface area contributed by atoms with Crippen molar-refractivity contribution in [1.29, 1.82) is 0 Å². The van der Waals surface area contributed by atoms with E-state index in [4.69, 9.17) is 10.2 Å². The Labute approximate surface area is 191 Å². The van der Waals surface area contributed by atoms with Gasteiger partial charge >= 0.3 is 0 Å². The van der Waals surface area contributed by atoms with E-state index in [1.54, 1.807) is 4.91 Å². The molecule has 5 heteroatoms. The number of hydrogen-bond acceptors (Lipinski definition) is 3. The largest absolute Gasteiger partial charge is 0.405 e. The van der Waals surface area contributed by atoms with Crippen molar-refractivity contribution in [2.75, 3.05) is 5.75 Å². The van der Waals surface area contributed by atoms with Crippen LogP contribution >= 0.6 is 11.8 Å². The van der Waals surface area contributed by atoms with Crippen LogP contribution in [0.3, 0.4) is 0 Å². The van der Waals surface area contributed by atoms with Crippen molar-refractivity contribution in [3.8, 4) is 0 Å². The van der Waals surface area contributed by atoms with Gasteiger partial charge in [-0.3, -0.25) is 4.79 Å². The molecule has 0 aromatic carbocycles. The Morgan fingerprint density at radius 3 is 2.63 bits per heavy atom. The summed E-state index contributed by atoms with van der Waals surface area (Å²) in [5.41, 5.74) is 5.64. The summed E-state index contributed by atoms with van der Waals surface area (Å²) >= 11 is 2.00. The predicted octanol–water partition coefficient (Wildman–Crippen LogP) is 7.59. The van der Waals surface area contributed by atoms with Gasteiger partial charge in [-0.05, 0) is 73.7 Å². The third kappa shape index (κ3) is 10.2. The van der Waals surface area contributed by atoms with Gasteiger partial charge in [0.25, 0.3) is 0 Å². The fourth-order valence-electron chi connectivity index (χ4n) is 3.42. The van der Waals surface area contributed by atoms with Crippen molar-refractivity contribution in [2.45, 2.75) is 116 Å². The number of amides is 1. The lowest BCUT2D eigenvalue weighted by Crippen LogP contribution is -2.47. The maximum absolute atomic E-state index is 11.9. The smallest absolute Gasteiger partial charge is 0.245 e. The molecule has 1 rings (SSSR count). The molecule has 2 atom stereocenters. The van der Waals surface area contributed by atoms with Crippen molar-refractivity contribution in [1.82, 2.24) is 0 Å². The Balaban J connectivity index is 2.32. The van der Waals surface area contributed by atoms with Crippen LogP contribution in [0.4, 0.5) is 0 Å². The highest BCUT2D eigenvalue weighted by Crippen LogP contribution is 2.38. The van der Waals surface area contributed by atoms with E-state index in [0.717, 1.165) is 25.0 Å². The monoisotopic (exact) mass is 453 g/mol. The van der Waals surface area contributed by atoms with Crippen molar-refractivity contribution < 1.29 is 9.22 Å². The van der Waals surface area contributed by atoms with Gasteiger partial charge in [0.2, 0.25) is 5.91 Å². The molecule has 3 nitrogen and oxygen atoms in total. The number of primary amides is 1. The molecular formula is C25H47NO2SSi. The molecule has 0 radical (unpaired) electrons. The summed E-state index contributed by atoms with van der Waals surface area (Å²) < 4.78 is 6.28. The molecule has 0 spiro atoms. The summed E-state index contributed by atoms with van der Waals surface area (Å²) in [7, 11) is -1.98. The SMILES string of the molecule is CCCCCCC=C[C@H]1CCC=C1SCCCCC(O[Si](C)(C)C(C)(C)C)C(N)=O. The van der Waals surface area contributed by atoms with E-state index in [2.05, 4.69) is 59.0 Å². The highest BCUT2D eigenvalue weighted by atomic mass is 32.2. The molecule has 1 aliphatic carbocycles. The Bertz CT molecular complexity index is 566. The third-order valence-corrected chi connectivity index (χ3v) is 12.3. The first kappa shape index (κ1) is 27.5. The van der Waals surface area contributed by atoms with E-state index < -0.39 is 14.4 Å². The molecule has 0 bridgehead atoms. The van der Waals surface area contributed by atoms with Crippen LogP contribution in [0.15, 0.2) is 23.1 Å². The first-order valence-electron chi connectivity index (χ1n) is 12.0. The van der Waals surface area contributed by atoms with Crippen LogP contribution < -0.4 is 5.73 Å². The number of unbranched alkanes of at least 4 members (excludes halogenated alkanes) is 5. The summed E-state index contributed by atoms with van der Waals surface area (Å²) in [5, 5.41) is 0.0873. The molecule has 1 aliphatic rings. The molecular weight excluding hydrogens is 406 g/mol. The zero-order valence-corrected chi connectivity index (χ0v) is 22.3. The zero-order valence-electron chi connectivity index (χ0n) is 20.5. The third-order valence-electron chi connectivity index (χ3n) is 6.47. The van der Waals surface area contributed by atoms with Gasteiger partial charge in [-0.25, -0.2) is 0 Å². The topological polar surface area (TPSA) is 52.3 Å². The van der Waals surface area contributed by atoms with Crippen LogP contribution in [0.1, 0.15) is 91.9 Å². The van der Waals surface area contributed by atoms with Gasteiger partial charge in [0.05, 0.1) is 0 Å². The average molecular weight is 454 g/mol. The highest BCUT2D eigenvalue weighted by Gasteiger charge is 2.40. The fraction of sp³-hybridized carbons (Fsp3) is 0.800. The number of nitrogens with two attached hydrogens (primary N) is 1. The molecule has 0 saturated heterocycles. The Morgan fingerprint density at radius 2 is 2.00 bits per heavy atom. The minimum Gasteiger partial charge on any atom is -0.405 e. The lowest BCUT2D eigenvalue weighted by molar-refractivity contribution is -0.125. The summed E-state index contributed by atoms with van der Waals surface area (Å²) in [6.07, 6.45) is 18.7. The highest BCUT2D eigenvalue weighted by molar-refractivity contribution is 8.03. The number of carbonyl (C=O) groups is 1. The van der Waals surface area contributed by atoms with Gasteiger partial charge < -0.3 is 10.2 Å². The standard InChI is InChI=1S/C25H47NO2SSi/c1-7-8-9-10-11-12-16-21-17-15-19-23(21)29-20-14-13-18-22(24(26)27)28-30(5,6)25(2,3)4/h12,16,19,21-22H,7-11,13-15,17-18,20H2,1-6H3,(H2,26,27)/t21-,22?/m0/s1. The lowest BCUT2D eigenvalue weighted by Gasteiger charge is -2.38. The maximum atomic E-state index is 11.9. The van der Waals surface area contributed by atoms with E-state index >= 15 is 0 Å². The maximum Gasteiger partial charge on any atom is 0.245 e. The molecule has 0 aliphatic heterocycles. The van der Waals surface area contributed by atoms with Crippen LogP contribution in [0.5, 0.6) is 0 Å². The van der Waals surface area contributed by atoms with E-state index in [9.17, 15) is 4.79 Å². The van der Waals surface area contributed by atoms with Gasteiger partial charge in [0.15, 0.2) is 8.32 Å². The molecule has 1 unspecified atom stereocenters. The first-order valence-corrected chi connectivity index (χ1v) is 15.9. The molecule has 0 aromatic rings. The first-order chi connectivity index (χ1) is 14.1. The zero-order chi connectivity index (χ0) is 22.6. The molecule has 2 N–H and O–H groups in total. The molecule has 30 heavy (non-hydrogen) atoms. The number of carbonyl (C=O) groups excluding carboxylic acids is 1. The van der Waals surface area contributed by atoms with Gasteiger partial charge in [-0.1, -0.05) is 65.2 Å². The molecule has 0 aromatic heterocycles. The molecule has 174 valence electrons. The number of rotatable bonds is 15. The van der Waals surface area contributed by atoms with E-state index in [0.29, 0.717) is 5.92 Å². The van der Waals surface area contributed by atoms with Crippen molar-refractivity contribution in [2.24, 2.45) is 11.7 Å². The lowest BCUT2D eigenvalue weighted by atomic mass is 10.1. The van der Waals surface area contributed by atoms with Gasteiger partial charge in [0, 0.05) is 5.92 Å². The number of thioether (sulfide) groups is 1. The van der Waals surface area contributed by atoms with Gasteiger partial charge in [0.1, 0.15) is 6.10 Å². The molecule has 1 amide bonds. The van der Waals surface area contributed by atoms with Crippen molar-refractivity contribution in [3.63, 3.8) is 0 Å². The van der Waals surface area contributed by atoms with Crippen LogP contribution in [0.2, 0.25) is 18.1 Å². The average Bonchev–Trinajstić information content (AvgIpc) is 3.09. The van der Waals surface area contributed by atoms with E-state index in [1.807, 2.05) is 11.8 Å². The van der Waals surface area contributed by atoms with E-state index in [1.165, 1.54) is 44.9 Å². The normalized spacial score (nSPS) is 18.7. The van der Waals surface area contributed by atoms with Crippen molar-refractivity contribution >= 4 is 26.0 Å². The van der Waals surface area contributed by atoms with Crippen LogP contribution in [-0.2, 0) is 9.22 Å². The number of hydrogen-bond donors (Lipinski definition) is 1. The summed E-state index contributed by atoms with van der Waals surface area (Å²) in [6, 6.07) is 0. The Hall–Kier alpha value is -0.523. The van der Waals surface area contributed by atoms with Crippen molar-refractivity contribution in [3.05, 3.63) is 23.1 Å². The van der Waals surface area contributed by atoms with Crippen LogP contribution in [-0.4, -0.2) is 26.1 Å². The molecule has 0 heterocycles. The summed E-state index contributed by atoms with van der Waals surface area (Å²) in [6.45, 7) is 13.2. The minimum atomic E-state index is -1.98. The Morgan fingerprint density at radius 1 is 1.27 bits per heavy atom. The summed E-state index contributed by atoms with van der Waals surface area (Å²) in [4.78, 5) is 13.4. The second-order valence-corrected chi connectivity index (χ2v) is 16.1. The van der Waals surface area contributed by atoms with Gasteiger partial charge in [-0.15, -0.1) is 11.8 Å². The second kappa shape index (κ2) is 13.8. The second-order valence-electron chi connectivity index (χ2n) is 10.2. The Kier molecular flexibility index (Phi) is 12.7. The van der Waals surface area contributed by atoms with E-state index in [-0.39, 0.29) is 10.9 Å². The van der Waals surface area contributed by atoms with Crippen LogP contribution in [0, 0.1) is 5.92 Å². The molecule has 0 saturated carbocycles. The summed E-state index contributed by atoms with van der Waals surface area (Å²) in [5.74, 6) is 1.43. The fourth-order valence-corrected chi connectivity index (χ4v) is 5.95.